The van der Waals surface area contributed by atoms with Gasteiger partial charge in [-0.2, -0.15) is 0 Å². The van der Waals surface area contributed by atoms with Crippen LogP contribution >= 0.6 is 11.3 Å². The van der Waals surface area contributed by atoms with Gasteiger partial charge in [0.15, 0.2) is 0 Å². The molecule has 0 unspecified atom stereocenters. The van der Waals surface area contributed by atoms with Gasteiger partial charge in [0.1, 0.15) is 0 Å². The van der Waals surface area contributed by atoms with Gasteiger partial charge in [0.25, 0.3) is 0 Å². The van der Waals surface area contributed by atoms with E-state index in [0.717, 1.165) is 0 Å². The molecule has 0 atom stereocenters. The van der Waals surface area contributed by atoms with Gasteiger partial charge in [0, 0.05) is 42.1 Å². The van der Waals surface area contributed by atoms with Crippen LogP contribution in [-0.4, -0.2) is 0 Å². The highest BCUT2D eigenvalue weighted by Gasteiger charge is 2.37. The first-order valence-electron chi connectivity index (χ1n) is 19.4. The summed E-state index contributed by atoms with van der Waals surface area (Å²) in [5, 5.41) is 2.62. The Kier molecular flexibility index (Phi) is 6.92. The third-order valence-electron chi connectivity index (χ3n) is 12.7. The normalized spacial score (nSPS) is 14.5. The molecule has 0 radical (unpaired) electrons. The number of benzene rings is 8. The maximum atomic E-state index is 2.49. The molecule has 0 bridgehead atoms. The van der Waals surface area contributed by atoms with E-state index in [-0.39, 0.29) is 10.8 Å². The molecule has 0 amide bonds. The molecule has 0 spiro atoms. The minimum Gasteiger partial charge on any atom is -0.134 e. The van der Waals surface area contributed by atoms with E-state index in [2.05, 4.69) is 198 Å². The molecular weight excluding hydrogens is 681 g/mol. The average molecular weight is 721 g/mol. The molecule has 2 aliphatic rings. The molecular formula is C54H40S. The topological polar surface area (TPSA) is 0 Å². The van der Waals surface area contributed by atoms with Crippen LogP contribution in [-0.2, 0) is 10.8 Å². The fraction of sp³-hybridized carbons (Fsp3) is 0.111. The first-order chi connectivity index (χ1) is 26.8. The summed E-state index contributed by atoms with van der Waals surface area (Å²) < 4.78 is 2.67. The van der Waals surface area contributed by atoms with Gasteiger partial charge in [-0.3, -0.25) is 0 Å². The summed E-state index contributed by atoms with van der Waals surface area (Å²) in [6.45, 7) is 9.52. The number of thiophene rings is 1. The molecule has 11 rings (SSSR count). The lowest BCUT2D eigenvalue weighted by Crippen LogP contribution is -2.14. The molecule has 55 heavy (non-hydrogen) atoms. The minimum atomic E-state index is -0.0724. The Morgan fingerprint density at radius 3 is 1.11 bits per heavy atom. The van der Waals surface area contributed by atoms with Crippen molar-refractivity contribution in [3.05, 3.63) is 192 Å². The highest BCUT2D eigenvalue weighted by atomic mass is 32.1. The van der Waals surface area contributed by atoms with Crippen molar-refractivity contribution in [3.8, 4) is 66.8 Å². The molecule has 0 nitrogen and oxygen atoms in total. The van der Waals surface area contributed by atoms with Crippen LogP contribution in [0.3, 0.4) is 0 Å². The van der Waals surface area contributed by atoms with Crippen molar-refractivity contribution < 1.29 is 0 Å². The fourth-order valence-corrected chi connectivity index (χ4v) is 11.1. The van der Waals surface area contributed by atoms with Crippen molar-refractivity contribution in [1.29, 1.82) is 0 Å². The number of rotatable bonds is 4. The summed E-state index contributed by atoms with van der Waals surface area (Å²) in [6.07, 6.45) is 0. The first-order valence-corrected chi connectivity index (χ1v) is 20.2. The zero-order chi connectivity index (χ0) is 37.1. The van der Waals surface area contributed by atoms with Gasteiger partial charge < -0.3 is 0 Å². The van der Waals surface area contributed by atoms with E-state index in [0.29, 0.717) is 0 Å². The van der Waals surface area contributed by atoms with E-state index >= 15 is 0 Å². The van der Waals surface area contributed by atoms with E-state index in [1.165, 1.54) is 109 Å². The van der Waals surface area contributed by atoms with Crippen molar-refractivity contribution in [1.82, 2.24) is 0 Å². The SMILES string of the molecule is CC1(C)c2ccccc2-c2ccc(-c3cc(-c4ccccc4)cc4c3sc3c(-c5ccc6c(c5)C(C)(C)c5ccccc5-6)cc(-c5ccccc5)cc34)cc21. The van der Waals surface area contributed by atoms with E-state index < -0.39 is 0 Å². The fourth-order valence-electron chi connectivity index (χ4n) is 9.75. The lowest BCUT2D eigenvalue weighted by Gasteiger charge is -2.22. The highest BCUT2D eigenvalue weighted by molar-refractivity contribution is 7.27. The lowest BCUT2D eigenvalue weighted by atomic mass is 9.81. The molecule has 0 aliphatic heterocycles. The van der Waals surface area contributed by atoms with Crippen LogP contribution in [0.2, 0.25) is 0 Å². The quantitative estimate of drug-likeness (QED) is 0.170. The first kappa shape index (κ1) is 32.4. The van der Waals surface area contributed by atoms with Gasteiger partial charge in [0.05, 0.1) is 0 Å². The Morgan fingerprint density at radius 2 is 0.673 bits per heavy atom. The number of hydrogen-bond donors (Lipinski definition) is 0. The lowest BCUT2D eigenvalue weighted by molar-refractivity contribution is 0.660. The van der Waals surface area contributed by atoms with Crippen molar-refractivity contribution in [2.75, 3.05) is 0 Å². The molecule has 1 heterocycles. The third kappa shape index (κ3) is 4.76. The van der Waals surface area contributed by atoms with Crippen LogP contribution in [0.25, 0.3) is 86.9 Å². The molecule has 8 aromatic carbocycles. The van der Waals surface area contributed by atoms with E-state index in [1.807, 2.05) is 11.3 Å². The van der Waals surface area contributed by atoms with Crippen molar-refractivity contribution in [2.45, 2.75) is 38.5 Å². The van der Waals surface area contributed by atoms with Gasteiger partial charge >= 0.3 is 0 Å². The van der Waals surface area contributed by atoms with E-state index in [1.54, 1.807) is 0 Å². The Bertz CT molecular complexity index is 2810. The summed E-state index contributed by atoms with van der Waals surface area (Å²) in [4.78, 5) is 0. The van der Waals surface area contributed by atoms with Gasteiger partial charge in [-0.25, -0.2) is 0 Å². The zero-order valence-electron chi connectivity index (χ0n) is 31.6. The minimum absolute atomic E-state index is 0.0724. The summed E-state index contributed by atoms with van der Waals surface area (Å²) in [7, 11) is 0. The second kappa shape index (κ2) is 11.7. The highest BCUT2D eigenvalue weighted by Crippen LogP contribution is 2.53. The van der Waals surface area contributed by atoms with Crippen molar-refractivity contribution in [2.24, 2.45) is 0 Å². The predicted molar refractivity (Wildman–Crippen MR) is 236 cm³/mol. The van der Waals surface area contributed by atoms with Crippen molar-refractivity contribution in [3.63, 3.8) is 0 Å². The Labute approximate surface area is 327 Å². The summed E-state index contributed by atoms with van der Waals surface area (Å²) in [6, 6.07) is 63.9. The predicted octanol–water partition coefficient (Wildman–Crippen LogP) is 15.3. The molecule has 2 aliphatic carbocycles. The number of hydrogen-bond acceptors (Lipinski definition) is 1. The molecule has 1 aromatic heterocycles. The standard InChI is InChI=1S/C54H40S/c1-53(2)47-21-13-11-19-39(47)41-25-23-35(31-49(41)53)43-27-37(33-15-7-5-8-16-33)29-45-46-30-38(34-17-9-6-10-18-34)28-44(52(46)55-51(43)45)36-24-26-42-40-20-12-14-22-48(40)54(3,4)50(42)32-36/h5-32H,1-4H3. The largest absolute Gasteiger partial charge is 0.134 e. The molecule has 0 N–H and O–H groups in total. The molecule has 0 fully saturated rings. The van der Waals surface area contributed by atoms with Gasteiger partial charge in [0.2, 0.25) is 0 Å². The maximum Gasteiger partial charge on any atom is 0.0434 e. The molecule has 9 aromatic rings. The van der Waals surface area contributed by atoms with Crippen LogP contribution in [0.5, 0.6) is 0 Å². The maximum absolute atomic E-state index is 2.49. The summed E-state index contributed by atoms with van der Waals surface area (Å²) >= 11 is 1.95. The van der Waals surface area contributed by atoms with Gasteiger partial charge in [-0.1, -0.05) is 161 Å². The van der Waals surface area contributed by atoms with Gasteiger partial charge in [-0.15, -0.1) is 11.3 Å². The Hall–Kier alpha value is -6.02. The summed E-state index contributed by atoms with van der Waals surface area (Å²) in [5.41, 5.74) is 21.0. The number of fused-ring (bicyclic) bond motifs is 9. The Balaban J connectivity index is 1.20. The smallest absolute Gasteiger partial charge is 0.0434 e. The second-order valence-electron chi connectivity index (χ2n) is 16.5. The zero-order valence-corrected chi connectivity index (χ0v) is 32.4. The van der Waals surface area contributed by atoms with Crippen LogP contribution in [0.15, 0.2) is 170 Å². The van der Waals surface area contributed by atoms with Crippen LogP contribution < -0.4 is 0 Å². The van der Waals surface area contributed by atoms with E-state index in [4.69, 9.17) is 0 Å². The monoisotopic (exact) mass is 720 g/mol. The van der Waals surface area contributed by atoms with E-state index in [9.17, 15) is 0 Å². The Morgan fingerprint density at radius 1 is 0.291 bits per heavy atom. The van der Waals surface area contributed by atoms with Crippen molar-refractivity contribution >= 4 is 31.5 Å². The van der Waals surface area contributed by atoms with Gasteiger partial charge in [-0.05, 0) is 114 Å². The van der Waals surface area contributed by atoms with Crippen LogP contribution in [0, 0.1) is 0 Å². The summed E-state index contributed by atoms with van der Waals surface area (Å²) in [5.74, 6) is 0. The van der Waals surface area contributed by atoms with Crippen LogP contribution in [0.1, 0.15) is 49.9 Å². The second-order valence-corrected chi connectivity index (χ2v) is 17.5. The molecule has 1 heteroatoms. The average Bonchev–Trinajstić information content (AvgIpc) is 3.80. The third-order valence-corrected chi connectivity index (χ3v) is 14.0. The molecule has 0 saturated carbocycles. The molecule has 262 valence electrons. The van der Waals surface area contributed by atoms with Crippen LogP contribution in [0.4, 0.5) is 0 Å². The molecule has 0 saturated heterocycles.